The van der Waals surface area contributed by atoms with Crippen LogP contribution in [0.15, 0.2) is 77.4 Å². The maximum atomic E-state index is 12.3. The van der Waals surface area contributed by atoms with Gasteiger partial charge < -0.3 is 14.2 Å². The van der Waals surface area contributed by atoms with E-state index in [1.54, 1.807) is 30.3 Å². The molecule has 0 saturated carbocycles. The molecule has 0 spiro atoms. The zero-order valence-corrected chi connectivity index (χ0v) is 18.7. The van der Waals surface area contributed by atoms with Crippen LogP contribution in [0.5, 0.6) is 11.5 Å². The molecular weight excluding hydrogens is 449 g/mol. The molecule has 0 aromatic heterocycles. The first kappa shape index (κ1) is 21.9. The highest BCUT2D eigenvalue weighted by Crippen LogP contribution is 2.31. The van der Waals surface area contributed by atoms with Crippen LogP contribution in [0, 0.1) is 0 Å². The van der Waals surface area contributed by atoms with Crippen LogP contribution in [0.3, 0.4) is 0 Å². The minimum Gasteiger partial charge on any atom is -0.490 e. The van der Waals surface area contributed by atoms with Gasteiger partial charge in [-0.2, -0.15) is 0 Å². The van der Waals surface area contributed by atoms with Gasteiger partial charge in [-0.05, 0) is 54.5 Å². The maximum absolute atomic E-state index is 12.3. The Kier molecular flexibility index (Phi) is 6.78. The van der Waals surface area contributed by atoms with E-state index in [2.05, 4.69) is 4.99 Å². The van der Waals surface area contributed by atoms with E-state index in [-0.39, 0.29) is 11.6 Å². The van der Waals surface area contributed by atoms with Crippen LogP contribution in [-0.4, -0.2) is 18.5 Å². The van der Waals surface area contributed by atoms with Crippen molar-refractivity contribution in [2.45, 2.75) is 13.5 Å². The molecule has 162 valence electrons. The van der Waals surface area contributed by atoms with E-state index in [0.29, 0.717) is 40.3 Å². The maximum Gasteiger partial charge on any atom is 0.363 e. The monoisotopic (exact) mass is 467 g/mol. The van der Waals surface area contributed by atoms with E-state index in [1.165, 1.54) is 0 Å². The van der Waals surface area contributed by atoms with Crippen molar-refractivity contribution in [1.29, 1.82) is 0 Å². The third-order valence-electron chi connectivity index (χ3n) is 4.60. The van der Waals surface area contributed by atoms with E-state index in [4.69, 9.17) is 37.4 Å². The van der Waals surface area contributed by atoms with Crippen LogP contribution in [0.2, 0.25) is 10.0 Å². The highest BCUT2D eigenvalue weighted by atomic mass is 35.5. The van der Waals surface area contributed by atoms with Crippen LogP contribution >= 0.6 is 23.2 Å². The number of hydrogen-bond donors (Lipinski definition) is 0. The lowest BCUT2D eigenvalue weighted by Crippen LogP contribution is -2.05. The van der Waals surface area contributed by atoms with Crippen LogP contribution in [-0.2, 0) is 16.1 Å². The third kappa shape index (κ3) is 5.13. The molecule has 5 nitrogen and oxygen atoms in total. The summed E-state index contributed by atoms with van der Waals surface area (Å²) in [4.78, 5) is 16.6. The number of halogens is 2. The van der Waals surface area contributed by atoms with Gasteiger partial charge in [-0.15, -0.1) is 0 Å². The predicted octanol–water partition coefficient (Wildman–Crippen LogP) is 6.32. The first-order valence-corrected chi connectivity index (χ1v) is 10.7. The average molecular weight is 468 g/mol. The second-order valence-corrected chi connectivity index (χ2v) is 7.69. The van der Waals surface area contributed by atoms with Gasteiger partial charge in [0, 0.05) is 5.56 Å². The fraction of sp³-hybridized carbons (Fsp3) is 0.120. The Hall–Kier alpha value is -3.28. The van der Waals surface area contributed by atoms with Gasteiger partial charge in [-0.3, -0.25) is 0 Å². The summed E-state index contributed by atoms with van der Waals surface area (Å²) in [6.45, 7) is 2.79. The number of cyclic esters (lactones) is 1. The lowest BCUT2D eigenvalue weighted by atomic mass is 10.1. The Balaban J connectivity index is 1.57. The Bertz CT molecular complexity index is 1210. The standard InChI is InChI=1S/C25H19Cl2NO4/c1-2-30-23-13-17(8-11-22(23)31-15-16-6-4-3-5-7-16)12-21-25(29)32-24(28-21)18-9-10-19(26)20(27)14-18/h3-14H,2,15H2,1H3. The Morgan fingerprint density at radius 1 is 0.938 bits per heavy atom. The number of benzene rings is 3. The molecule has 1 heterocycles. The number of esters is 1. The van der Waals surface area contributed by atoms with Crippen molar-refractivity contribution in [3.05, 3.63) is 99.2 Å². The molecule has 4 rings (SSSR count). The molecular formula is C25H19Cl2NO4. The van der Waals surface area contributed by atoms with Crippen molar-refractivity contribution < 1.29 is 19.0 Å². The summed E-state index contributed by atoms with van der Waals surface area (Å²) in [7, 11) is 0. The number of nitrogens with zero attached hydrogens (tertiary/aromatic N) is 1. The largest absolute Gasteiger partial charge is 0.490 e. The van der Waals surface area contributed by atoms with Gasteiger partial charge in [-0.25, -0.2) is 9.79 Å². The van der Waals surface area contributed by atoms with Crippen molar-refractivity contribution in [1.82, 2.24) is 0 Å². The third-order valence-corrected chi connectivity index (χ3v) is 5.33. The number of carbonyl (C=O) groups excluding carboxylic acids is 1. The summed E-state index contributed by atoms with van der Waals surface area (Å²) in [6, 6.07) is 20.2. The van der Waals surface area contributed by atoms with Crippen molar-refractivity contribution >= 4 is 41.1 Å². The molecule has 1 aliphatic heterocycles. The molecule has 3 aromatic rings. The summed E-state index contributed by atoms with van der Waals surface area (Å²) in [6.07, 6.45) is 1.64. The number of ether oxygens (including phenoxy) is 3. The summed E-state index contributed by atoms with van der Waals surface area (Å²) < 4.78 is 17.0. The first-order valence-electron chi connectivity index (χ1n) is 9.95. The Labute approximate surface area is 195 Å². The SMILES string of the molecule is CCOc1cc(C=C2N=C(c3ccc(Cl)c(Cl)c3)OC2=O)ccc1OCc1ccccc1. The minimum atomic E-state index is -0.548. The molecule has 3 aromatic carbocycles. The van der Waals surface area contributed by atoms with Gasteiger partial charge in [0.2, 0.25) is 5.90 Å². The van der Waals surface area contributed by atoms with Crippen LogP contribution in [0.1, 0.15) is 23.6 Å². The van der Waals surface area contributed by atoms with Crippen molar-refractivity contribution in [3.63, 3.8) is 0 Å². The van der Waals surface area contributed by atoms with Gasteiger partial charge >= 0.3 is 5.97 Å². The molecule has 0 atom stereocenters. The molecule has 0 aliphatic carbocycles. The van der Waals surface area contributed by atoms with E-state index in [1.807, 2.05) is 49.4 Å². The summed E-state index contributed by atoms with van der Waals surface area (Å²) >= 11 is 12.0. The lowest BCUT2D eigenvalue weighted by molar-refractivity contribution is -0.129. The van der Waals surface area contributed by atoms with Gasteiger partial charge in [0.1, 0.15) is 6.61 Å². The molecule has 32 heavy (non-hydrogen) atoms. The zero-order valence-electron chi connectivity index (χ0n) is 17.2. The van der Waals surface area contributed by atoms with Gasteiger partial charge in [0.05, 0.1) is 16.7 Å². The average Bonchev–Trinajstić information content (AvgIpc) is 3.16. The van der Waals surface area contributed by atoms with Gasteiger partial charge in [-0.1, -0.05) is 59.6 Å². The molecule has 0 N–H and O–H groups in total. The van der Waals surface area contributed by atoms with E-state index >= 15 is 0 Å². The highest BCUT2D eigenvalue weighted by Gasteiger charge is 2.24. The minimum absolute atomic E-state index is 0.173. The summed E-state index contributed by atoms with van der Waals surface area (Å²) in [5, 5.41) is 0.766. The van der Waals surface area contributed by atoms with Crippen LogP contribution < -0.4 is 9.47 Å². The van der Waals surface area contributed by atoms with Crippen molar-refractivity contribution in [3.8, 4) is 11.5 Å². The van der Waals surface area contributed by atoms with Crippen LogP contribution in [0.25, 0.3) is 6.08 Å². The molecule has 7 heteroatoms. The number of carbonyl (C=O) groups is 1. The quantitative estimate of drug-likeness (QED) is 0.301. The second-order valence-electron chi connectivity index (χ2n) is 6.88. The molecule has 0 radical (unpaired) electrons. The molecule has 0 unspecified atom stereocenters. The van der Waals surface area contributed by atoms with Crippen molar-refractivity contribution in [2.24, 2.45) is 4.99 Å². The number of hydrogen-bond acceptors (Lipinski definition) is 5. The van der Waals surface area contributed by atoms with Gasteiger partial charge in [0.25, 0.3) is 0 Å². The predicted molar refractivity (Wildman–Crippen MR) is 125 cm³/mol. The topological polar surface area (TPSA) is 57.1 Å². The highest BCUT2D eigenvalue weighted by molar-refractivity contribution is 6.42. The lowest BCUT2D eigenvalue weighted by Gasteiger charge is -2.12. The van der Waals surface area contributed by atoms with Crippen molar-refractivity contribution in [2.75, 3.05) is 6.61 Å². The fourth-order valence-electron chi connectivity index (χ4n) is 3.06. The molecule has 0 fully saturated rings. The molecule has 0 amide bonds. The van der Waals surface area contributed by atoms with E-state index in [9.17, 15) is 4.79 Å². The summed E-state index contributed by atoms with van der Waals surface area (Å²) in [5.41, 5.74) is 2.52. The number of rotatable bonds is 7. The van der Waals surface area contributed by atoms with Crippen LogP contribution in [0.4, 0.5) is 0 Å². The van der Waals surface area contributed by atoms with E-state index < -0.39 is 5.97 Å². The Morgan fingerprint density at radius 3 is 2.50 bits per heavy atom. The normalized spacial score (nSPS) is 14.3. The smallest absolute Gasteiger partial charge is 0.363 e. The zero-order chi connectivity index (χ0) is 22.5. The molecule has 0 bridgehead atoms. The number of aliphatic imine (C=N–C) groups is 1. The molecule has 0 saturated heterocycles. The fourth-order valence-corrected chi connectivity index (χ4v) is 3.36. The first-order chi connectivity index (χ1) is 15.5. The van der Waals surface area contributed by atoms with Gasteiger partial charge in [0.15, 0.2) is 17.2 Å². The van der Waals surface area contributed by atoms with E-state index in [0.717, 1.165) is 11.1 Å². The second kappa shape index (κ2) is 9.90. The molecule has 1 aliphatic rings. The Morgan fingerprint density at radius 2 is 1.75 bits per heavy atom. The summed E-state index contributed by atoms with van der Waals surface area (Å²) in [5.74, 6) is 0.825.